The van der Waals surface area contributed by atoms with Gasteiger partial charge in [0, 0.05) is 23.1 Å². The van der Waals surface area contributed by atoms with Gasteiger partial charge in [-0.05, 0) is 29.3 Å². The molecule has 0 aromatic heterocycles. The summed E-state index contributed by atoms with van der Waals surface area (Å²) in [7, 11) is 0. The molecule has 3 rings (SSSR count). The molecule has 0 spiro atoms. The fourth-order valence-electron chi connectivity index (χ4n) is 2.55. The van der Waals surface area contributed by atoms with Gasteiger partial charge in [-0.1, -0.05) is 40.2 Å². The number of hydrogen-bond acceptors (Lipinski definition) is 2. The first-order valence-electron chi connectivity index (χ1n) is 6.46. The lowest BCUT2D eigenvalue weighted by molar-refractivity contribution is 0.0686. The van der Waals surface area contributed by atoms with E-state index in [-0.39, 0.29) is 11.5 Å². The second kappa shape index (κ2) is 5.33. The maximum absolute atomic E-state index is 12.4. The van der Waals surface area contributed by atoms with E-state index in [2.05, 4.69) is 15.9 Å². The van der Waals surface area contributed by atoms with Crippen molar-refractivity contribution in [2.75, 3.05) is 0 Å². The number of carboxylic acid groups (broad SMARTS) is 1. The molecule has 2 aromatic rings. The van der Waals surface area contributed by atoms with Gasteiger partial charge in [-0.3, -0.25) is 4.79 Å². The van der Waals surface area contributed by atoms with E-state index in [1.165, 1.54) is 0 Å². The monoisotopic (exact) mass is 345 g/mol. The number of fused-ring (bicyclic) bond motifs is 1. The highest BCUT2D eigenvalue weighted by Gasteiger charge is 2.29. The van der Waals surface area contributed by atoms with Gasteiger partial charge >= 0.3 is 5.97 Å². The Kier molecular flexibility index (Phi) is 3.51. The molecule has 0 atom stereocenters. The van der Waals surface area contributed by atoms with Gasteiger partial charge in [-0.25, -0.2) is 4.79 Å². The second-order valence-corrected chi connectivity index (χ2v) is 5.74. The number of aromatic carboxylic acids is 1. The first kappa shape index (κ1) is 13.8. The van der Waals surface area contributed by atoms with E-state index in [9.17, 15) is 14.7 Å². The van der Waals surface area contributed by atoms with E-state index in [0.717, 1.165) is 10.0 Å². The Bertz CT molecular complexity index is 742. The zero-order chi connectivity index (χ0) is 15.0. The van der Waals surface area contributed by atoms with Crippen molar-refractivity contribution in [1.29, 1.82) is 0 Å². The number of hydrogen-bond donors (Lipinski definition) is 1. The number of carboxylic acids is 1. The van der Waals surface area contributed by atoms with Crippen molar-refractivity contribution in [3.8, 4) is 0 Å². The molecular formula is C16H12BrNO3. The lowest BCUT2D eigenvalue weighted by Crippen LogP contribution is -2.24. The molecule has 0 saturated heterocycles. The number of carbonyl (C=O) groups excluding carboxylic acids is 1. The van der Waals surface area contributed by atoms with Crippen LogP contribution in [0.4, 0.5) is 0 Å². The molecule has 0 radical (unpaired) electrons. The summed E-state index contributed by atoms with van der Waals surface area (Å²) in [5.41, 5.74) is 2.51. The van der Waals surface area contributed by atoms with Crippen LogP contribution >= 0.6 is 15.9 Å². The average molecular weight is 346 g/mol. The largest absolute Gasteiger partial charge is 0.478 e. The lowest BCUT2D eigenvalue weighted by Gasteiger charge is -2.17. The number of halogens is 1. The average Bonchev–Trinajstić information content (AvgIpc) is 2.78. The van der Waals surface area contributed by atoms with Crippen molar-refractivity contribution < 1.29 is 14.7 Å². The Morgan fingerprint density at radius 3 is 2.67 bits per heavy atom. The minimum absolute atomic E-state index is 0.0634. The van der Waals surface area contributed by atoms with Crippen LogP contribution in [0.2, 0.25) is 0 Å². The highest BCUT2D eigenvalue weighted by Crippen LogP contribution is 2.30. The molecule has 1 heterocycles. The van der Waals surface area contributed by atoms with Gasteiger partial charge in [-0.2, -0.15) is 0 Å². The normalized spacial score (nSPS) is 13.4. The molecule has 0 fully saturated rings. The predicted octanol–water partition coefficient (Wildman–Crippen LogP) is 3.30. The predicted molar refractivity (Wildman–Crippen MR) is 81.1 cm³/mol. The zero-order valence-corrected chi connectivity index (χ0v) is 12.6. The molecule has 0 saturated carbocycles. The van der Waals surface area contributed by atoms with Crippen molar-refractivity contribution in [3.05, 3.63) is 69.2 Å². The molecule has 1 aliphatic heterocycles. The molecule has 0 bridgehead atoms. The molecule has 1 amide bonds. The maximum atomic E-state index is 12.4. The van der Waals surface area contributed by atoms with Crippen LogP contribution in [0.1, 0.15) is 31.8 Å². The van der Waals surface area contributed by atoms with Gasteiger partial charge in [-0.15, -0.1) is 0 Å². The number of carbonyl (C=O) groups is 2. The summed E-state index contributed by atoms with van der Waals surface area (Å²) in [6.07, 6.45) is 0. The minimum atomic E-state index is -0.976. The number of nitrogens with zero attached hydrogens (tertiary/aromatic N) is 1. The topological polar surface area (TPSA) is 57.6 Å². The quantitative estimate of drug-likeness (QED) is 0.928. The van der Waals surface area contributed by atoms with E-state index < -0.39 is 5.97 Å². The van der Waals surface area contributed by atoms with Crippen molar-refractivity contribution in [2.24, 2.45) is 0 Å². The van der Waals surface area contributed by atoms with Gasteiger partial charge in [0.1, 0.15) is 0 Å². The van der Waals surface area contributed by atoms with E-state index in [4.69, 9.17) is 0 Å². The van der Waals surface area contributed by atoms with E-state index in [1.54, 1.807) is 35.2 Å². The van der Waals surface area contributed by atoms with Crippen LogP contribution in [-0.2, 0) is 13.1 Å². The van der Waals surface area contributed by atoms with Crippen LogP contribution in [-0.4, -0.2) is 21.9 Å². The summed E-state index contributed by atoms with van der Waals surface area (Å²) < 4.78 is 0.905. The summed E-state index contributed by atoms with van der Waals surface area (Å²) in [6.45, 7) is 0.784. The molecular weight excluding hydrogens is 334 g/mol. The second-order valence-electron chi connectivity index (χ2n) is 4.89. The molecule has 5 heteroatoms. The highest BCUT2D eigenvalue weighted by atomic mass is 79.9. The molecule has 106 valence electrons. The maximum Gasteiger partial charge on any atom is 0.336 e. The van der Waals surface area contributed by atoms with Crippen molar-refractivity contribution in [2.45, 2.75) is 13.1 Å². The van der Waals surface area contributed by atoms with Gasteiger partial charge in [0.2, 0.25) is 0 Å². The Morgan fingerprint density at radius 1 is 1.19 bits per heavy atom. The first-order valence-corrected chi connectivity index (χ1v) is 7.25. The Labute approximate surface area is 130 Å². The SMILES string of the molecule is O=C(O)c1ccccc1CN1Cc2c(Br)cccc2C1=O. The van der Waals surface area contributed by atoms with E-state index >= 15 is 0 Å². The van der Waals surface area contributed by atoms with E-state index in [1.807, 2.05) is 12.1 Å². The summed E-state index contributed by atoms with van der Waals surface area (Å²) >= 11 is 3.45. The third-order valence-corrected chi connectivity index (χ3v) is 4.34. The molecule has 1 N–H and O–H groups in total. The molecule has 0 unspecified atom stereocenters. The van der Waals surface area contributed by atoms with Crippen LogP contribution in [0.3, 0.4) is 0 Å². The number of benzene rings is 2. The Morgan fingerprint density at radius 2 is 1.95 bits per heavy atom. The third kappa shape index (κ3) is 2.45. The summed E-state index contributed by atoms with van der Waals surface area (Å²) in [4.78, 5) is 25.3. The standard InChI is InChI=1S/C16H12BrNO3/c17-14-7-3-6-12-13(14)9-18(15(12)19)8-10-4-1-2-5-11(10)16(20)21/h1-7H,8-9H2,(H,20,21). The van der Waals surface area contributed by atoms with Crippen LogP contribution in [0.15, 0.2) is 46.9 Å². The number of amides is 1. The number of rotatable bonds is 3. The molecule has 21 heavy (non-hydrogen) atoms. The minimum Gasteiger partial charge on any atom is -0.478 e. The first-order chi connectivity index (χ1) is 10.1. The summed E-state index contributed by atoms with van der Waals surface area (Å²) in [5.74, 6) is -1.04. The van der Waals surface area contributed by atoms with Gasteiger partial charge in [0.05, 0.1) is 5.56 Å². The van der Waals surface area contributed by atoms with Gasteiger partial charge < -0.3 is 10.0 Å². The van der Waals surface area contributed by atoms with Crippen molar-refractivity contribution in [3.63, 3.8) is 0 Å². The van der Waals surface area contributed by atoms with E-state index in [0.29, 0.717) is 24.2 Å². The lowest BCUT2D eigenvalue weighted by atomic mass is 10.1. The fraction of sp³-hybridized carbons (Fsp3) is 0.125. The van der Waals surface area contributed by atoms with Gasteiger partial charge in [0.25, 0.3) is 5.91 Å². The van der Waals surface area contributed by atoms with Crippen molar-refractivity contribution >= 4 is 27.8 Å². The molecule has 4 nitrogen and oxygen atoms in total. The summed E-state index contributed by atoms with van der Waals surface area (Å²) in [6, 6.07) is 12.3. The smallest absolute Gasteiger partial charge is 0.336 e. The third-order valence-electron chi connectivity index (χ3n) is 3.59. The fourth-order valence-corrected chi connectivity index (χ4v) is 3.04. The van der Waals surface area contributed by atoms with Gasteiger partial charge in [0.15, 0.2) is 0 Å². The van der Waals surface area contributed by atoms with Crippen LogP contribution in [0, 0.1) is 0 Å². The zero-order valence-electron chi connectivity index (χ0n) is 11.0. The highest BCUT2D eigenvalue weighted by molar-refractivity contribution is 9.10. The van der Waals surface area contributed by atoms with Crippen LogP contribution in [0.5, 0.6) is 0 Å². The Balaban J connectivity index is 1.91. The molecule has 0 aliphatic carbocycles. The summed E-state index contributed by atoms with van der Waals surface area (Å²) in [5, 5.41) is 9.21. The van der Waals surface area contributed by atoms with Crippen molar-refractivity contribution in [1.82, 2.24) is 4.90 Å². The molecule has 1 aliphatic rings. The Hall–Kier alpha value is -2.14. The van der Waals surface area contributed by atoms with Crippen LogP contribution in [0.25, 0.3) is 0 Å². The molecule has 2 aromatic carbocycles. The van der Waals surface area contributed by atoms with Crippen LogP contribution < -0.4 is 0 Å².